The van der Waals surface area contributed by atoms with Crippen molar-refractivity contribution in [2.24, 2.45) is 0 Å². The molecule has 0 radical (unpaired) electrons. The predicted octanol–water partition coefficient (Wildman–Crippen LogP) is 4.57. The van der Waals surface area contributed by atoms with Crippen molar-refractivity contribution in [3.05, 3.63) is 68.8 Å². The molecule has 8 heteroatoms. The van der Waals surface area contributed by atoms with Gasteiger partial charge < -0.3 is 5.32 Å². The first-order valence-corrected chi connectivity index (χ1v) is 9.51. The number of thioether (sulfide) groups is 1. The quantitative estimate of drug-likeness (QED) is 0.695. The predicted molar refractivity (Wildman–Crippen MR) is 107 cm³/mol. The first-order chi connectivity index (χ1) is 12.8. The smallest absolute Gasteiger partial charge is 0.294 e. The topological polar surface area (TPSA) is 66.5 Å². The van der Waals surface area contributed by atoms with Crippen LogP contribution in [-0.4, -0.2) is 28.5 Å². The normalized spacial score (nSPS) is 15.5. The molecule has 3 amide bonds. The van der Waals surface area contributed by atoms with Gasteiger partial charge in [0.2, 0.25) is 5.91 Å². The Morgan fingerprint density at radius 2 is 2.04 bits per heavy atom. The molecule has 1 aliphatic heterocycles. The molecule has 1 heterocycles. The Hall–Kier alpha value is -2.45. The zero-order valence-corrected chi connectivity index (χ0v) is 16.6. The van der Waals surface area contributed by atoms with Gasteiger partial charge in [-0.2, -0.15) is 0 Å². The summed E-state index contributed by atoms with van der Waals surface area (Å²) in [5.41, 5.74) is 2.14. The molecular formula is C19H14BrFN2O3S. The van der Waals surface area contributed by atoms with E-state index in [0.29, 0.717) is 11.3 Å². The van der Waals surface area contributed by atoms with Crippen molar-refractivity contribution in [2.75, 3.05) is 11.9 Å². The second-order valence-electron chi connectivity index (χ2n) is 5.86. The van der Waals surface area contributed by atoms with E-state index in [1.165, 1.54) is 24.3 Å². The van der Waals surface area contributed by atoms with E-state index in [4.69, 9.17) is 0 Å². The highest BCUT2D eigenvalue weighted by Crippen LogP contribution is 2.32. The number of amides is 3. The highest BCUT2D eigenvalue weighted by atomic mass is 79.9. The molecule has 1 fully saturated rings. The molecule has 5 nitrogen and oxygen atoms in total. The minimum atomic E-state index is -0.551. The third-order valence-electron chi connectivity index (χ3n) is 3.72. The zero-order chi connectivity index (χ0) is 19.6. The van der Waals surface area contributed by atoms with Gasteiger partial charge >= 0.3 is 0 Å². The molecule has 0 spiro atoms. The van der Waals surface area contributed by atoms with Crippen LogP contribution in [0.4, 0.5) is 14.9 Å². The second-order valence-corrected chi connectivity index (χ2v) is 7.71. The van der Waals surface area contributed by atoms with E-state index in [9.17, 15) is 18.8 Å². The van der Waals surface area contributed by atoms with Gasteiger partial charge in [-0.05, 0) is 76.1 Å². The van der Waals surface area contributed by atoms with Gasteiger partial charge in [0.15, 0.2) is 0 Å². The second kappa shape index (κ2) is 8.06. The van der Waals surface area contributed by atoms with Crippen LogP contribution in [-0.2, 0) is 9.59 Å². The standard InChI is InChI=1S/C19H14BrFN2O3S/c1-11-3-2-4-13(7-11)22-17(24)10-23-18(25)16(27-19(23)26)9-12-5-6-15(21)14(20)8-12/h2-9H,10H2,1H3,(H,22,24)/b16-9+. The number of carbonyl (C=O) groups excluding carboxylic acids is 3. The Morgan fingerprint density at radius 1 is 1.26 bits per heavy atom. The van der Waals surface area contributed by atoms with Crippen LogP contribution in [0.3, 0.4) is 0 Å². The highest BCUT2D eigenvalue weighted by molar-refractivity contribution is 9.10. The molecule has 27 heavy (non-hydrogen) atoms. The lowest BCUT2D eigenvalue weighted by molar-refractivity contribution is -0.127. The number of hydrogen-bond acceptors (Lipinski definition) is 4. The van der Waals surface area contributed by atoms with Crippen molar-refractivity contribution >= 4 is 56.5 Å². The minimum Gasteiger partial charge on any atom is -0.325 e. The van der Waals surface area contributed by atoms with Crippen LogP contribution in [0, 0.1) is 12.7 Å². The van der Waals surface area contributed by atoms with Crippen molar-refractivity contribution in [2.45, 2.75) is 6.92 Å². The highest BCUT2D eigenvalue weighted by Gasteiger charge is 2.36. The number of aryl methyl sites for hydroxylation is 1. The molecule has 1 N–H and O–H groups in total. The van der Waals surface area contributed by atoms with Crippen molar-refractivity contribution in [1.29, 1.82) is 0 Å². The lowest BCUT2D eigenvalue weighted by Gasteiger charge is -2.12. The summed E-state index contributed by atoms with van der Waals surface area (Å²) >= 11 is 3.82. The molecule has 0 saturated carbocycles. The van der Waals surface area contributed by atoms with Gasteiger partial charge in [0.1, 0.15) is 12.4 Å². The van der Waals surface area contributed by atoms with Gasteiger partial charge in [-0.1, -0.05) is 18.2 Å². The fourth-order valence-corrected chi connectivity index (χ4v) is 3.69. The van der Waals surface area contributed by atoms with Crippen LogP contribution in [0.1, 0.15) is 11.1 Å². The van der Waals surface area contributed by atoms with Crippen molar-refractivity contribution in [1.82, 2.24) is 4.90 Å². The average molecular weight is 449 g/mol. The number of hydrogen-bond donors (Lipinski definition) is 1. The molecular weight excluding hydrogens is 435 g/mol. The van der Waals surface area contributed by atoms with Crippen molar-refractivity contribution in [3.63, 3.8) is 0 Å². The first-order valence-electron chi connectivity index (χ1n) is 7.90. The van der Waals surface area contributed by atoms with Gasteiger partial charge in [0.25, 0.3) is 11.1 Å². The maximum Gasteiger partial charge on any atom is 0.294 e. The van der Waals surface area contributed by atoms with E-state index in [1.807, 2.05) is 13.0 Å². The van der Waals surface area contributed by atoms with E-state index in [0.717, 1.165) is 22.2 Å². The number of nitrogens with zero attached hydrogens (tertiary/aromatic N) is 1. The minimum absolute atomic E-state index is 0.182. The summed E-state index contributed by atoms with van der Waals surface area (Å²) in [4.78, 5) is 37.8. The summed E-state index contributed by atoms with van der Waals surface area (Å²) in [7, 11) is 0. The molecule has 138 valence electrons. The summed E-state index contributed by atoms with van der Waals surface area (Å²) in [5.74, 6) is -1.44. The Labute approximate surface area is 167 Å². The summed E-state index contributed by atoms with van der Waals surface area (Å²) < 4.78 is 13.6. The van der Waals surface area contributed by atoms with E-state index in [1.54, 1.807) is 18.2 Å². The first kappa shape index (κ1) is 19.3. The largest absolute Gasteiger partial charge is 0.325 e. The molecule has 0 aromatic heterocycles. The number of imide groups is 1. The summed E-state index contributed by atoms with van der Waals surface area (Å²) in [6.07, 6.45) is 1.49. The molecule has 2 aromatic rings. The fraction of sp³-hybridized carbons (Fsp3) is 0.105. The molecule has 0 aliphatic carbocycles. The molecule has 1 aliphatic rings. The van der Waals surface area contributed by atoms with Crippen LogP contribution in [0.15, 0.2) is 51.8 Å². The molecule has 0 bridgehead atoms. The SMILES string of the molecule is Cc1cccc(NC(=O)CN2C(=O)S/C(=C/c3ccc(F)c(Br)c3)C2=O)c1. The van der Waals surface area contributed by atoms with E-state index in [-0.39, 0.29) is 15.9 Å². The van der Waals surface area contributed by atoms with E-state index >= 15 is 0 Å². The molecule has 3 rings (SSSR count). The van der Waals surface area contributed by atoms with Gasteiger partial charge in [0, 0.05) is 5.69 Å². The van der Waals surface area contributed by atoms with Crippen LogP contribution in [0.25, 0.3) is 6.08 Å². The number of halogens is 2. The van der Waals surface area contributed by atoms with Crippen LogP contribution < -0.4 is 5.32 Å². The summed E-state index contributed by atoms with van der Waals surface area (Å²) in [6, 6.07) is 11.5. The number of nitrogens with one attached hydrogen (secondary N) is 1. The number of carbonyl (C=O) groups is 3. The van der Waals surface area contributed by atoms with Crippen molar-refractivity contribution < 1.29 is 18.8 Å². The number of anilines is 1. The molecule has 1 saturated heterocycles. The Morgan fingerprint density at radius 3 is 2.74 bits per heavy atom. The van der Waals surface area contributed by atoms with Gasteiger partial charge in [-0.15, -0.1) is 0 Å². The van der Waals surface area contributed by atoms with E-state index in [2.05, 4.69) is 21.2 Å². The fourth-order valence-electron chi connectivity index (χ4n) is 2.46. The molecule has 0 unspecified atom stereocenters. The van der Waals surface area contributed by atoms with E-state index < -0.39 is 22.9 Å². The van der Waals surface area contributed by atoms with Crippen LogP contribution >= 0.6 is 27.7 Å². The number of rotatable bonds is 4. The average Bonchev–Trinajstić information content (AvgIpc) is 2.85. The molecule has 2 aromatic carbocycles. The summed E-state index contributed by atoms with van der Waals surface area (Å²) in [5, 5.41) is 2.15. The van der Waals surface area contributed by atoms with Crippen LogP contribution in [0.2, 0.25) is 0 Å². The third-order valence-corrected chi connectivity index (χ3v) is 5.23. The Balaban J connectivity index is 1.71. The van der Waals surface area contributed by atoms with Gasteiger partial charge in [-0.3, -0.25) is 19.3 Å². The number of benzene rings is 2. The lowest BCUT2D eigenvalue weighted by Crippen LogP contribution is -2.36. The molecule has 0 atom stereocenters. The Kier molecular flexibility index (Phi) is 5.76. The Bertz CT molecular complexity index is 977. The van der Waals surface area contributed by atoms with Gasteiger partial charge in [-0.25, -0.2) is 4.39 Å². The maximum atomic E-state index is 13.3. The maximum absolute atomic E-state index is 13.3. The monoisotopic (exact) mass is 448 g/mol. The third kappa shape index (κ3) is 4.64. The lowest BCUT2D eigenvalue weighted by atomic mass is 10.2. The van der Waals surface area contributed by atoms with Gasteiger partial charge in [0.05, 0.1) is 9.38 Å². The summed E-state index contributed by atoms with van der Waals surface area (Å²) in [6.45, 7) is 1.52. The van der Waals surface area contributed by atoms with Crippen LogP contribution in [0.5, 0.6) is 0 Å². The zero-order valence-electron chi connectivity index (χ0n) is 14.2. The van der Waals surface area contributed by atoms with Crippen molar-refractivity contribution in [3.8, 4) is 0 Å².